The van der Waals surface area contributed by atoms with Crippen molar-refractivity contribution in [3.8, 4) is 11.1 Å². The molecule has 1 atom stereocenters. The summed E-state index contributed by atoms with van der Waals surface area (Å²) in [4.78, 5) is 23.7. The van der Waals surface area contributed by atoms with Crippen LogP contribution in [-0.2, 0) is 11.3 Å². The number of amides is 1. The molecule has 0 aliphatic rings. The molecule has 1 unspecified atom stereocenters. The van der Waals surface area contributed by atoms with Crippen molar-refractivity contribution in [2.24, 2.45) is 0 Å². The number of carboxylic acids is 1. The molecule has 0 spiro atoms. The molecule has 0 radical (unpaired) electrons. The average molecular weight is 466 g/mol. The summed E-state index contributed by atoms with van der Waals surface area (Å²) in [6, 6.07) is 12.3. The minimum Gasteiger partial charge on any atom is -0.479 e. The van der Waals surface area contributed by atoms with Gasteiger partial charge >= 0.3 is 5.97 Å². The van der Waals surface area contributed by atoms with Gasteiger partial charge in [0.25, 0.3) is 5.91 Å². The lowest BCUT2D eigenvalue weighted by Gasteiger charge is -2.24. The quantitative estimate of drug-likeness (QED) is 0.292. The molecule has 3 rings (SSSR count). The van der Waals surface area contributed by atoms with Crippen LogP contribution in [0.2, 0.25) is 10.0 Å². The average Bonchev–Trinajstić information content (AvgIpc) is 3.17. The number of aliphatic hydroxyl groups excluding tert-OH is 1. The number of aliphatic hydroxyl groups is 1. The molecule has 0 fully saturated rings. The number of carbonyl (C=O) groups excluding carboxylic acids is 1. The van der Waals surface area contributed by atoms with Crippen LogP contribution in [-0.4, -0.2) is 60.1 Å². The van der Waals surface area contributed by atoms with E-state index in [1.807, 2.05) is 0 Å². The molecule has 10 nitrogen and oxygen atoms in total. The van der Waals surface area contributed by atoms with Crippen LogP contribution in [0.4, 0.5) is 0 Å². The minimum absolute atomic E-state index is 0.0763. The van der Waals surface area contributed by atoms with Gasteiger partial charge in [0.05, 0.1) is 12.7 Å². The number of nitrogens with one attached hydrogen (secondary N) is 1. The van der Waals surface area contributed by atoms with Crippen LogP contribution >= 0.6 is 23.2 Å². The zero-order valence-electron chi connectivity index (χ0n) is 15.8. The van der Waals surface area contributed by atoms with Gasteiger partial charge in [-0.25, -0.2) is 9.80 Å². The summed E-state index contributed by atoms with van der Waals surface area (Å²) in [5.74, 6) is -2.17. The minimum atomic E-state index is -1.74. The van der Waals surface area contributed by atoms with E-state index in [0.717, 1.165) is 17.3 Å². The van der Waals surface area contributed by atoms with Gasteiger partial charge in [0.2, 0.25) is 0 Å². The lowest BCUT2D eigenvalue weighted by atomic mass is 10.0. The molecule has 0 saturated carbocycles. The molecule has 4 N–H and O–H groups in total. The smallest absolute Gasteiger partial charge is 0.333 e. The highest BCUT2D eigenvalue weighted by Crippen LogP contribution is 2.30. The fourth-order valence-corrected chi connectivity index (χ4v) is 3.12. The van der Waals surface area contributed by atoms with E-state index in [0.29, 0.717) is 20.5 Å². The number of hydrogen-bond donors (Lipinski definition) is 4. The van der Waals surface area contributed by atoms with Crippen molar-refractivity contribution in [1.82, 2.24) is 25.6 Å². The Morgan fingerprint density at radius 2 is 1.87 bits per heavy atom. The van der Waals surface area contributed by atoms with Gasteiger partial charge in [-0.2, -0.15) is 0 Å². The van der Waals surface area contributed by atoms with Gasteiger partial charge in [-0.1, -0.05) is 52.3 Å². The second-order valence-corrected chi connectivity index (χ2v) is 7.36. The maximum atomic E-state index is 12.3. The Bertz CT molecular complexity index is 1090. The van der Waals surface area contributed by atoms with Crippen LogP contribution in [0.15, 0.2) is 48.7 Å². The summed E-state index contributed by atoms with van der Waals surface area (Å²) in [7, 11) is 0. The van der Waals surface area contributed by atoms with E-state index in [9.17, 15) is 14.7 Å². The molecule has 12 heteroatoms. The number of halogens is 2. The largest absolute Gasteiger partial charge is 0.479 e. The van der Waals surface area contributed by atoms with Crippen molar-refractivity contribution in [3.05, 3.63) is 70.0 Å². The predicted octanol–water partition coefficient (Wildman–Crippen LogP) is 2.08. The van der Waals surface area contributed by atoms with Crippen molar-refractivity contribution in [3.63, 3.8) is 0 Å². The van der Waals surface area contributed by atoms with Crippen LogP contribution in [0.1, 0.15) is 16.1 Å². The summed E-state index contributed by atoms with van der Waals surface area (Å²) < 4.78 is 0. The number of aromatic nitrogens is 3. The first-order chi connectivity index (χ1) is 14.7. The van der Waals surface area contributed by atoms with E-state index in [4.69, 9.17) is 33.5 Å². The van der Waals surface area contributed by atoms with Gasteiger partial charge in [-0.15, -0.1) is 5.10 Å². The number of carboxylic acid groups (broad SMARTS) is 1. The Balaban J connectivity index is 1.77. The molecule has 1 amide bonds. The molecule has 0 aliphatic carbocycles. The van der Waals surface area contributed by atoms with Crippen molar-refractivity contribution in [2.45, 2.75) is 12.6 Å². The highest BCUT2D eigenvalue weighted by molar-refractivity contribution is 6.35. The van der Waals surface area contributed by atoms with E-state index in [1.165, 1.54) is 5.01 Å². The Morgan fingerprint density at radius 3 is 2.48 bits per heavy atom. The maximum absolute atomic E-state index is 12.3. The summed E-state index contributed by atoms with van der Waals surface area (Å²) in [5, 5.41) is 36.9. The lowest BCUT2D eigenvalue weighted by Crippen LogP contribution is -2.47. The lowest BCUT2D eigenvalue weighted by molar-refractivity contribution is -0.148. The molecular formula is C19H17Cl2N5O5. The monoisotopic (exact) mass is 465 g/mol. The number of aliphatic carboxylic acids is 1. The van der Waals surface area contributed by atoms with Gasteiger partial charge in [0, 0.05) is 22.2 Å². The summed E-state index contributed by atoms with van der Waals surface area (Å²) in [5.41, 5.74) is 4.54. The molecule has 2 aromatic carbocycles. The standard InChI is InChI=1S/C19H17Cl2N5O5/c20-13-5-6-15(21)14(7-13)12-3-1-11(2-4-12)8-25(10-17(27)19(29)30)23-18(28)16-9-26(31)24-22-16/h1-7,9,17,27,31H,8,10H2,(H,23,28)(H,29,30). The summed E-state index contributed by atoms with van der Waals surface area (Å²) in [6.45, 7) is -0.316. The number of rotatable bonds is 8. The van der Waals surface area contributed by atoms with Gasteiger partial charge in [0.15, 0.2) is 11.8 Å². The number of nitrogens with zero attached hydrogens (tertiary/aromatic N) is 4. The van der Waals surface area contributed by atoms with Crippen molar-refractivity contribution >= 4 is 35.1 Å². The fraction of sp³-hybridized carbons (Fsp3) is 0.158. The topological polar surface area (TPSA) is 141 Å². The molecule has 0 bridgehead atoms. The second-order valence-electron chi connectivity index (χ2n) is 6.52. The van der Waals surface area contributed by atoms with Crippen molar-refractivity contribution in [1.29, 1.82) is 0 Å². The molecular weight excluding hydrogens is 449 g/mol. The maximum Gasteiger partial charge on any atom is 0.333 e. The Morgan fingerprint density at radius 1 is 1.16 bits per heavy atom. The van der Waals surface area contributed by atoms with Gasteiger partial charge < -0.3 is 15.4 Å². The van der Waals surface area contributed by atoms with E-state index in [-0.39, 0.29) is 12.2 Å². The number of hydrogen-bond acceptors (Lipinski definition) is 7. The molecule has 31 heavy (non-hydrogen) atoms. The van der Waals surface area contributed by atoms with E-state index < -0.39 is 24.5 Å². The molecule has 162 valence electrons. The first kappa shape index (κ1) is 22.5. The van der Waals surface area contributed by atoms with Gasteiger partial charge in [-0.05, 0) is 34.5 Å². The second kappa shape index (κ2) is 9.75. The summed E-state index contributed by atoms with van der Waals surface area (Å²) >= 11 is 12.3. The van der Waals surface area contributed by atoms with Crippen molar-refractivity contribution in [2.75, 3.05) is 6.54 Å². The molecule has 0 aliphatic heterocycles. The fourth-order valence-electron chi connectivity index (χ4n) is 2.73. The zero-order valence-corrected chi connectivity index (χ0v) is 17.3. The van der Waals surface area contributed by atoms with Crippen LogP contribution < -0.4 is 5.43 Å². The van der Waals surface area contributed by atoms with Crippen molar-refractivity contribution < 1.29 is 25.0 Å². The molecule has 0 saturated heterocycles. The Labute approximate surface area is 186 Å². The zero-order chi connectivity index (χ0) is 22.5. The van der Waals surface area contributed by atoms with Crippen LogP contribution in [0.3, 0.4) is 0 Å². The number of hydrazine groups is 1. The molecule has 1 aromatic heterocycles. The first-order valence-corrected chi connectivity index (χ1v) is 9.61. The first-order valence-electron chi connectivity index (χ1n) is 8.85. The normalized spacial score (nSPS) is 12.0. The molecule has 3 aromatic rings. The molecule has 1 heterocycles. The Hall–Kier alpha value is -3.18. The van der Waals surface area contributed by atoms with Gasteiger partial charge in [-0.3, -0.25) is 10.2 Å². The van der Waals surface area contributed by atoms with Gasteiger partial charge in [0.1, 0.15) is 0 Å². The predicted molar refractivity (Wildman–Crippen MR) is 111 cm³/mol. The SMILES string of the molecule is O=C(NN(Cc1ccc(-c2cc(Cl)ccc2Cl)cc1)CC(O)C(=O)O)c1cn(O)nn1. The third-order valence-corrected chi connectivity index (χ3v) is 4.78. The van der Waals surface area contributed by atoms with E-state index in [2.05, 4.69) is 15.7 Å². The third-order valence-electron chi connectivity index (χ3n) is 4.22. The highest BCUT2D eigenvalue weighted by Gasteiger charge is 2.21. The van der Waals surface area contributed by atoms with Crippen LogP contribution in [0.5, 0.6) is 0 Å². The van der Waals surface area contributed by atoms with E-state index >= 15 is 0 Å². The number of benzene rings is 2. The Kier molecular flexibility index (Phi) is 7.08. The summed E-state index contributed by atoms with van der Waals surface area (Å²) in [6.07, 6.45) is -0.761. The highest BCUT2D eigenvalue weighted by atomic mass is 35.5. The van der Waals surface area contributed by atoms with Crippen LogP contribution in [0.25, 0.3) is 11.1 Å². The van der Waals surface area contributed by atoms with Crippen LogP contribution in [0, 0.1) is 0 Å². The third kappa shape index (κ3) is 5.92. The number of carbonyl (C=O) groups is 2. The van der Waals surface area contributed by atoms with E-state index in [1.54, 1.807) is 42.5 Å².